The number of hydrogen-bond donors (Lipinski definition) is 2. The van der Waals surface area contributed by atoms with Gasteiger partial charge in [0.25, 0.3) is 5.91 Å². The normalized spacial score (nSPS) is 12.9. The van der Waals surface area contributed by atoms with Crippen molar-refractivity contribution in [1.29, 1.82) is 0 Å². The van der Waals surface area contributed by atoms with Gasteiger partial charge in [-0.25, -0.2) is 9.59 Å². The van der Waals surface area contributed by atoms with E-state index in [0.29, 0.717) is 23.1 Å². The SMILES string of the molecule is CCCCCCCCCCCCCC[C@@H](OC(=O)c1ccccc1)[C@@H](OC(=O)c1ccccc1)[C@H](CO)NC(=O)c1ccccc1. The number of aliphatic hydroxyl groups excluding tert-OH is 1. The van der Waals surface area contributed by atoms with Crippen LogP contribution in [-0.4, -0.2) is 47.8 Å². The molecular formula is C39H51NO6. The number of carbonyl (C=O) groups is 3. The molecule has 0 saturated heterocycles. The van der Waals surface area contributed by atoms with Gasteiger partial charge in [-0.3, -0.25) is 4.79 Å². The highest BCUT2D eigenvalue weighted by Gasteiger charge is 2.37. The number of ether oxygens (including phenoxy) is 2. The second-order valence-electron chi connectivity index (χ2n) is 11.9. The summed E-state index contributed by atoms with van der Waals surface area (Å²) in [6, 6.07) is 24.7. The smallest absolute Gasteiger partial charge is 0.338 e. The Morgan fingerprint density at radius 2 is 1.00 bits per heavy atom. The fourth-order valence-corrected chi connectivity index (χ4v) is 5.51. The van der Waals surface area contributed by atoms with Crippen molar-refractivity contribution < 1.29 is 29.0 Å². The van der Waals surface area contributed by atoms with Crippen LogP contribution in [0.5, 0.6) is 0 Å². The van der Waals surface area contributed by atoms with Crippen LogP contribution >= 0.6 is 0 Å². The molecule has 2 N–H and O–H groups in total. The molecule has 3 atom stereocenters. The van der Waals surface area contributed by atoms with Crippen molar-refractivity contribution in [1.82, 2.24) is 5.32 Å². The maximum absolute atomic E-state index is 13.3. The average Bonchev–Trinajstić information content (AvgIpc) is 3.10. The first-order chi connectivity index (χ1) is 22.5. The summed E-state index contributed by atoms with van der Waals surface area (Å²) >= 11 is 0. The van der Waals surface area contributed by atoms with Crippen LogP contribution in [0.2, 0.25) is 0 Å². The number of benzene rings is 3. The zero-order valence-electron chi connectivity index (χ0n) is 27.3. The van der Waals surface area contributed by atoms with Crippen LogP contribution in [0.25, 0.3) is 0 Å². The number of amides is 1. The lowest BCUT2D eigenvalue weighted by Gasteiger charge is -2.33. The average molecular weight is 630 g/mol. The predicted octanol–water partition coefficient (Wildman–Crippen LogP) is 8.32. The van der Waals surface area contributed by atoms with E-state index in [9.17, 15) is 19.5 Å². The molecule has 46 heavy (non-hydrogen) atoms. The van der Waals surface area contributed by atoms with E-state index in [0.717, 1.165) is 25.7 Å². The molecule has 248 valence electrons. The Morgan fingerprint density at radius 1 is 0.587 bits per heavy atom. The van der Waals surface area contributed by atoms with Crippen molar-refractivity contribution in [2.75, 3.05) is 6.61 Å². The summed E-state index contributed by atoms with van der Waals surface area (Å²) in [5.41, 5.74) is 1.08. The van der Waals surface area contributed by atoms with Crippen molar-refractivity contribution in [2.24, 2.45) is 0 Å². The molecule has 0 heterocycles. The molecular weight excluding hydrogens is 578 g/mol. The zero-order valence-corrected chi connectivity index (χ0v) is 27.3. The van der Waals surface area contributed by atoms with E-state index in [1.165, 1.54) is 51.4 Å². The third-order valence-electron chi connectivity index (χ3n) is 8.17. The van der Waals surface area contributed by atoms with Crippen LogP contribution in [0.1, 0.15) is 121 Å². The summed E-state index contributed by atoms with van der Waals surface area (Å²) in [6.45, 7) is 1.71. The molecule has 7 nitrogen and oxygen atoms in total. The minimum absolute atomic E-state index is 0.317. The first kappa shape index (κ1) is 36.5. The van der Waals surface area contributed by atoms with Gasteiger partial charge < -0.3 is 19.9 Å². The molecule has 0 aliphatic carbocycles. The van der Waals surface area contributed by atoms with E-state index in [1.54, 1.807) is 84.9 Å². The molecule has 0 fully saturated rings. The fraction of sp³-hybridized carbons (Fsp3) is 0.462. The molecule has 1 amide bonds. The quantitative estimate of drug-likeness (QED) is 0.0856. The molecule has 7 heteroatoms. The number of unbranched alkanes of at least 4 members (excludes halogenated alkanes) is 11. The third kappa shape index (κ3) is 13.2. The topological polar surface area (TPSA) is 102 Å². The Bertz CT molecular complexity index is 1270. The summed E-state index contributed by atoms with van der Waals surface area (Å²) in [5.74, 6) is -1.62. The van der Waals surface area contributed by atoms with Crippen molar-refractivity contribution in [3.8, 4) is 0 Å². The van der Waals surface area contributed by atoms with Gasteiger partial charge in [-0.1, -0.05) is 132 Å². The minimum atomic E-state index is -1.13. The molecule has 3 rings (SSSR count). The van der Waals surface area contributed by atoms with E-state index < -0.39 is 42.7 Å². The summed E-state index contributed by atoms with van der Waals surface area (Å²) in [5, 5.41) is 13.3. The minimum Gasteiger partial charge on any atom is -0.455 e. The van der Waals surface area contributed by atoms with Crippen molar-refractivity contribution in [2.45, 2.75) is 109 Å². The van der Waals surface area contributed by atoms with Gasteiger partial charge >= 0.3 is 11.9 Å². The van der Waals surface area contributed by atoms with Crippen molar-refractivity contribution in [3.63, 3.8) is 0 Å². The molecule has 0 spiro atoms. The Morgan fingerprint density at radius 3 is 1.46 bits per heavy atom. The van der Waals surface area contributed by atoms with Crippen LogP contribution in [0, 0.1) is 0 Å². The monoisotopic (exact) mass is 629 g/mol. The number of hydrogen-bond acceptors (Lipinski definition) is 6. The fourth-order valence-electron chi connectivity index (χ4n) is 5.51. The maximum atomic E-state index is 13.3. The highest BCUT2D eigenvalue weighted by molar-refractivity contribution is 5.94. The van der Waals surface area contributed by atoms with Gasteiger partial charge in [0, 0.05) is 5.56 Å². The summed E-state index contributed by atoms with van der Waals surface area (Å²) in [7, 11) is 0. The molecule has 0 radical (unpaired) electrons. The van der Waals surface area contributed by atoms with Gasteiger partial charge in [0.2, 0.25) is 0 Å². The van der Waals surface area contributed by atoms with Gasteiger partial charge in [-0.05, 0) is 49.2 Å². The standard InChI is InChI=1S/C39H51NO6/c1-2-3-4-5-6-7-8-9-10-11-12-22-29-35(45-38(43)32-25-18-14-19-26-32)36(46-39(44)33-27-20-15-21-28-33)34(30-41)40-37(42)31-23-16-13-17-24-31/h13-21,23-28,34-36,41H,2-12,22,29-30H2,1H3,(H,40,42)/t34-,35+,36-/m0/s1. The van der Waals surface area contributed by atoms with Gasteiger partial charge in [-0.15, -0.1) is 0 Å². The number of nitrogens with one attached hydrogen (secondary N) is 1. The Kier molecular flexibility index (Phi) is 17.2. The molecule has 0 aliphatic rings. The van der Waals surface area contributed by atoms with Gasteiger partial charge in [0.15, 0.2) is 6.10 Å². The second-order valence-corrected chi connectivity index (χ2v) is 11.9. The van der Waals surface area contributed by atoms with Gasteiger partial charge in [-0.2, -0.15) is 0 Å². The molecule has 0 bridgehead atoms. The molecule has 0 aromatic heterocycles. The van der Waals surface area contributed by atoms with Crippen LogP contribution in [-0.2, 0) is 9.47 Å². The lowest BCUT2D eigenvalue weighted by atomic mass is 9.98. The van der Waals surface area contributed by atoms with Crippen molar-refractivity contribution in [3.05, 3.63) is 108 Å². The van der Waals surface area contributed by atoms with E-state index in [-0.39, 0.29) is 0 Å². The van der Waals surface area contributed by atoms with Gasteiger partial charge in [0.05, 0.1) is 23.8 Å². The summed E-state index contributed by atoms with van der Waals surface area (Å²) < 4.78 is 12.0. The Balaban J connectivity index is 1.72. The van der Waals surface area contributed by atoms with Crippen molar-refractivity contribution >= 4 is 17.8 Å². The molecule has 0 saturated carbocycles. The number of rotatable bonds is 22. The summed E-state index contributed by atoms with van der Waals surface area (Å²) in [6.07, 6.45) is 12.5. The largest absolute Gasteiger partial charge is 0.455 e. The second kappa shape index (κ2) is 21.7. The number of esters is 2. The molecule has 3 aromatic carbocycles. The number of aliphatic hydroxyl groups is 1. The highest BCUT2D eigenvalue weighted by atomic mass is 16.6. The first-order valence-electron chi connectivity index (χ1n) is 17.0. The van der Waals surface area contributed by atoms with Crippen LogP contribution in [0.15, 0.2) is 91.0 Å². The molecule has 0 aliphatic heterocycles. The lowest BCUT2D eigenvalue weighted by molar-refractivity contribution is -0.0564. The van der Waals surface area contributed by atoms with Crippen LogP contribution in [0.4, 0.5) is 0 Å². The third-order valence-corrected chi connectivity index (χ3v) is 8.17. The predicted molar refractivity (Wildman–Crippen MR) is 182 cm³/mol. The van der Waals surface area contributed by atoms with Gasteiger partial charge in [0.1, 0.15) is 6.10 Å². The van der Waals surface area contributed by atoms with E-state index in [1.807, 2.05) is 6.07 Å². The molecule has 3 aromatic rings. The van der Waals surface area contributed by atoms with Crippen LogP contribution < -0.4 is 5.32 Å². The number of carbonyl (C=O) groups excluding carboxylic acids is 3. The maximum Gasteiger partial charge on any atom is 0.338 e. The van der Waals surface area contributed by atoms with E-state index in [4.69, 9.17) is 9.47 Å². The zero-order chi connectivity index (χ0) is 32.8. The van der Waals surface area contributed by atoms with E-state index in [2.05, 4.69) is 12.2 Å². The molecule has 0 unspecified atom stereocenters. The highest BCUT2D eigenvalue weighted by Crippen LogP contribution is 2.22. The van der Waals surface area contributed by atoms with E-state index >= 15 is 0 Å². The Hall–Kier alpha value is -3.97. The van der Waals surface area contributed by atoms with Crippen LogP contribution in [0.3, 0.4) is 0 Å². The summed E-state index contributed by atoms with van der Waals surface area (Å²) in [4.78, 5) is 39.7. The lowest BCUT2D eigenvalue weighted by Crippen LogP contribution is -2.53. The Labute approximate surface area is 274 Å². The first-order valence-corrected chi connectivity index (χ1v) is 17.0.